The maximum atomic E-state index is 12.1. The molecule has 0 fully saturated rings. The van der Waals surface area contributed by atoms with Crippen molar-refractivity contribution in [1.82, 2.24) is 5.32 Å². The van der Waals surface area contributed by atoms with E-state index < -0.39 is 18.1 Å². The van der Waals surface area contributed by atoms with E-state index in [-0.39, 0.29) is 19.6 Å². The minimum absolute atomic E-state index is 0.128. The van der Waals surface area contributed by atoms with Gasteiger partial charge in [0, 0.05) is 11.4 Å². The fraction of sp³-hybridized carbons (Fsp3) is 0.263. The Morgan fingerprint density at radius 1 is 1.00 bits per heavy atom. The number of esters is 1. The van der Waals surface area contributed by atoms with Gasteiger partial charge in [0.2, 0.25) is 0 Å². The molecule has 25 heavy (non-hydrogen) atoms. The zero-order valence-electron chi connectivity index (χ0n) is 13.9. The SMILES string of the molecule is CCOC(=O)C(Cc1ccc(Cl)cc1)NC(=O)OCc1ccccc1. The van der Waals surface area contributed by atoms with Crippen molar-refractivity contribution in [3.63, 3.8) is 0 Å². The molecule has 1 unspecified atom stereocenters. The van der Waals surface area contributed by atoms with Crippen molar-refractivity contribution in [3.8, 4) is 0 Å². The van der Waals surface area contributed by atoms with E-state index >= 15 is 0 Å². The first kappa shape index (κ1) is 18.8. The Bertz CT molecular complexity index is 688. The number of nitrogens with one attached hydrogen (secondary N) is 1. The second-order valence-electron chi connectivity index (χ2n) is 5.34. The smallest absolute Gasteiger partial charge is 0.408 e. The van der Waals surface area contributed by atoms with Crippen LogP contribution in [0, 0.1) is 0 Å². The van der Waals surface area contributed by atoms with Crippen LogP contribution in [0.5, 0.6) is 0 Å². The molecule has 1 N–H and O–H groups in total. The van der Waals surface area contributed by atoms with Crippen molar-refractivity contribution in [2.45, 2.75) is 26.0 Å². The average molecular weight is 362 g/mol. The highest BCUT2D eigenvalue weighted by atomic mass is 35.5. The van der Waals surface area contributed by atoms with Crippen LogP contribution in [0.4, 0.5) is 4.79 Å². The predicted molar refractivity (Wildman–Crippen MR) is 95.3 cm³/mol. The van der Waals surface area contributed by atoms with Gasteiger partial charge < -0.3 is 14.8 Å². The van der Waals surface area contributed by atoms with Crippen molar-refractivity contribution < 1.29 is 19.1 Å². The fourth-order valence-electron chi connectivity index (χ4n) is 2.20. The zero-order chi connectivity index (χ0) is 18.1. The molecule has 0 aromatic heterocycles. The molecule has 0 bridgehead atoms. The molecule has 0 aliphatic carbocycles. The second kappa shape index (κ2) is 9.69. The lowest BCUT2D eigenvalue weighted by Gasteiger charge is -2.17. The number of hydrogen-bond donors (Lipinski definition) is 1. The van der Waals surface area contributed by atoms with Crippen LogP contribution in [0.15, 0.2) is 54.6 Å². The molecule has 2 aromatic rings. The van der Waals surface area contributed by atoms with Gasteiger partial charge in [-0.2, -0.15) is 0 Å². The standard InChI is InChI=1S/C19H20ClNO4/c1-2-24-18(22)17(12-14-8-10-16(20)11-9-14)21-19(23)25-13-15-6-4-3-5-7-15/h3-11,17H,2,12-13H2,1H3,(H,21,23). The summed E-state index contributed by atoms with van der Waals surface area (Å²) >= 11 is 5.86. The quantitative estimate of drug-likeness (QED) is 0.763. The van der Waals surface area contributed by atoms with Crippen LogP contribution in [0.1, 0.15) is 18.1 Å². The molecule has 0 aliphatic rings. The van der Waals surface area contributed by atoms with E-state index in [0.29, 0.717) is 5.02 Å². The lowest BCUT2D eigenvalue weighted by atomic mass is 10.1. The van der Waals surface area contributed by atoms with Gasteiger partial charge in [0.25, 0.3) is 0 Å². The summed E-state index contributed by atoms with van der Waals surface area (Å²) in [7, 11) is 0. The molecular weight excluding hydrogens is 342 g/mol. The average Bonchev–Trinajstić information content (AvgIpc) is 2.62. The molecule has 0 saturated heterocycles. The van der Waals surface area contributed by atoms with Crippen LogP contribution in [0.3, 0.4) is 0 Å². The molecule has 0 aliphatic heterocycles. The molecule has 132 valence electrons. The van der Waals surface area contributed by atoms with Crippen molar-refractivity contribution in [3.05, 3.63) is 70.7 Å². The Balaban J connectivity index is 1.96. The van der Waals surface area contributed by atoms with Crippen molar-refractivity contribution >= 4 is 23.7 Å². The van der Waals surface area contributed by atoms with Crippen LogP contribution < -0.4 is 5.32 Å². The lowest BCUT2D eigenvalue weighted by molar-refractivity contribution is -0.145. The van der Waals surface area contributed by atoms with Crippen molar-refractivity contribution in [1.29, 1.82) is 0 Å². The maximum absolute atomic E-state index is 12.1. The third kappa shape index (κ3) is 6.47. The molecule has 2 rings (SSSR count). The molecule has 1 amide bonds. The Labute approximate surface area is 151 Å². The largest absolute Gasteiger partial charge is 0.464 e. The summed E-state index contributed by atoms with van der Waals surface area (Å²) in [5.74, 6) is -0.505. The molecule has 5 nitrogen and oxygen atoms in total. The van der Waals surface area contributed by atoms with Crippen LogP contribution in [0.25, 0.3) is 0 Å². The van der Waals surface area contributed by atoms with Gasteiger partial charge in [-0.15, -0.1) is 0 Å². The molecule has 6 heteroatoms. The summed E-state index contributed by atoms with van der Waals surface area (Å²) in [6.07, 6.45) is -0.382. The Morgan fingerprint density at radius 2 is 1.68 bits per heavy atom. The number of benzene rings is 2. The number of amides is 1. The third-order valence-electron chi connectivity index (χ3n) is 3.43. The topological polar surface area (TPSA) is 64.6 Å². The van der Waals surface area contributed by atoms with Gasteiger partial charge in [-0.3, -0.25) is 0 Å². The van der Waals surface area contributed by atoms with Gasteiger partial charge in [0.1, 0.15) is 12.6 Å². The minimum atomic E-state index is -0.829. The number of hydrogen-bond acceptors (Lipinski definition) is 4. The van der Waals surface area contributed by atoms with E-state index in [2.05, 4.69) is 5.32 Å². The van der Waals surface area contributed by atoms with Gasteiger partial charge in [-0.25, -0.2) is 9.59 Å². The molecular formula is C19H20ClNO4. The lowest BCUT2D eigenvalue weighted by Crippen LogP contribution is -2.43. The summed E-state index contributed by atoms with van der Waals surface area (Å²) in [6.45, 7) is 2.07. The first-order chi connectivity index (χ1) is 12.1. The highest BCUT2D eigenvalue weighted by Crippen LogP contribution is 2.12. The summed E-state index contributed by atoms with van der Waals surface area (Å²) < 4.78 is 10.2. The number of ether oxygens (including phenoxy) is 2. The Hall–Kier alpha value is -2.53. The van der Waals surface area contributed by atoms with Crippen molar-refractivity contribution in [2.24, 2.45) is 0 Å². The number of carbonyl (C=O) groups excluding carboxylic acids is 2. The molecule has 2 aromatic carbocycles. The Kier molecular flexibility index (Phi) is 7.29. The third-order valence-corrected chi connectivity index (χ3v) is 3.68. The van der Waals surface area contributed by atoms with E-state index in [9.17, 15) is 9.59 Å². The zero-order valence-corrected chi connectivity index (χ0v) is 14.7. The number of carbonyl (C=O) groups is 2. The van der Waals surface area contributed by atoms with Crippen LogP contribution >= 0.6 is 11.6 Å². The Morgan fingerprint density at radius 3 is 2.32 bits per heavy atom. The minimum Gasteiger partial charge on any atom is -0.464 e. The van der Waals surface area contributed by atoms with Gasteiger partial charge >= 0.3 is 12.1 Å². The normalized spacial score (nSPS) is 11.4. The number of rotatable bonds is 7. The summed E-state index contributed by atoms with van der Waals surface area (Å²) in [5, 5.41) is 3.17. The fourth-order valence-corrected chi connectivity index (χ4v) is 2.33. The second-order valence-corrected chi connectivity index (χ2v) is 5.78. The van der Waals surface area contributed by atoms with E-state index in [1.807, 2.05) is 30.3 Å². The van der Waals surface area contributed by atoms with Gasteiger partial charge in [0.15, 0.2) is 0 Å². The summed E-state index contributed by atoms with van der Waals surface area (Å²) in [5.41, 5.74) is 1.72. The highest BCUT2D eigenvalue weighted by Gasteiger charge is 2.23. The van der Waals surface area contributed by atoms with Gasteiger partial charge in [-0.1, -0.05) is 54.1 Å². The maximum Gasteiger partial charge on any atom is 0.408 e. The number of alkyl carbamates (subject to hydrolysis) is 1. The summed E-state index contributed by atoms with van der Waals surface area (Å²) in [6, 6.07) is 15.5. The highest BCUT2D eigenvalue weighted by molar-refractivity contribution is 6.30. The van der Waals surface area contributed by atoms with E-state index in [4.69, 9.17) is 21.1 Å². The first-order valence-corrected chi connectivity index (χ1v) is 8.34. The van der Waals surface area contributed by atoms with E-state index in [1.54, 1.807) is 31.2 Å². The van der Waals surface area contributed by atoms with Crippen LogP contribution in [-0.4, -0.2) is 24.7 Å². The molecule has 0 spiro atoms. The molecule has 0 heterocycles. The van der Waals surface area contributed by atoms with Gasteiger partial charge in [0.05, 0.1) is 6.61 Å². The summed E-state index contributed by atoms with van der Waals surface area (Å²) in [4.78, 5) is 24.1. The van der Waals surface area contributed by atoms with Gasteiger partial charge in [-0.05, 0) is 30.2 Å². The van der Waals surface area contributed by atoms with Crippen LogP contribution in [-0.2, 0) is 27.3 Å². The molecule has 0 saturated carbocycles. The van der Waals surface area contributed by atoms with Crippen LogP contribution in [0.2, 0.25) is 5.02 Å². The monoisotopic (exact) mass is 361 g/mol. The number of halogens is 1. The first-order valence-electron chi connectivity index (χ1n) is 7.96. The van der Waals surface area contributed by atoms with Crippen molar-refractivity contribution in [2.75, 3.05) is 6.61 Å². The van der Waals surface area contributed by atoms with E-state index in [0.717, 1.165) is 11.1 Å². The van der Waals surface area contributed by atoms with E-state index in [1.165, 1.54) is 0 Å². The predicted octanol–water partition coefficient (Wildman–Crippen LogP) is 3.74. The molecule has 1 atom stereocenters. The molecule has 0 radical (unpaired) electrons.